The molecule has 0 aliphatic heterocycles. The van der Waals surface area contributed by atoms with Gasteiger partial charge in [-0.25, -0.2) is 4.89 Å². The molecule has 0 radical (unpaired) electrons. The minimum Gasteiger partial charge on any atom is -0.251 e. The molecule has 1 N–H and O–H groups in total. The van der Waals surface area contributed by atoms with Crippen LogP contribution in [0, 0.1) is 0 Å². The van der Waals surface area contributed by atoms with E-state index in [0.29, 0.717) is 0 Å². The first-order chi connectivity index (χ1) is 4.83. The molecule has 56 valence electrons. The largest absolute Gasteiger partial charge is 0.251 e. The van der Waals surface area contributed by atoms with Crippen LogP contribution in [0.5, 0.6) is 0 Å². The predicted molar refractivity (Wildman–Crippen MR) is 39.6 cm³/mol. The summed E-state index contributed by atoms with van der Waals surface area (Å²) in [6.07, 6.45) is 8.25. The lowest BCUT2D eigenvalue weighted by molar-refractivity contribution is -0.308. The van der Waals surface area contributed by atoms with E-state index in [4.69, 9.17) is 5.26 Å². The van der Waals surface area contributed by atoms with Crippen LogP contribution < -0.4 is 0 Å². The van der Waals surface area contributed by atoms with E-state index < -0.39 is 5.60 Å². The zero-order valence-electron chi connectivity index (χ0n) is 5.92. The third kappa shape index (κ3) is 1.28. The van der Waals surface area contributed by atoms with Crippen LogP contribution in [0.4, 0.5) is 0 Å². The standard InChI is InChI=1S/C8H12O2/c1-2-8(10-9)6-4-3-5-7-8/h2-4,9H,1,5-7H2. The van der Waals surface area contributed by atoms with Gasteiger partial charge in [-0.2, -0.15) is 0 Å². The third-order valence-corrected chi connectivity index (χ3v) is 1.92. The molecule has 0 saturated heterocycles. The summed E-state index contributed by atoms with van der Waals surface area (Å²) in [5, 5.41) is 8.54. The highest BCUT2D eigenvalue weighted by molar-refractivity contribution is 5.07. The Bertz CT molecular complexity index is 151. The molecule has 1 aliphatic carbocycles. The van der Waals surface area contributed by atoms with Crippen molar-refractivity contribution < 1.29 is 10.1 Å². The highest BCUT2D eigenvalue weighted by atomic mass is 17.1. The van der Waals surface area contributed by atoms with E-state index in [1.54, 1.807) is 6.08 Å². The molecule has 0 heterocycles. The highest BCUT2D eigenvalue weighted by Crippen LogP contribution is 2.27. The first-order valence-electron chi connectivity index (χ1n) is 3.44. The summed E-state index contributed by atoms with van der Waals surface area (Å²) in [4.78, 5) is 4.36. The lowest BCUT2D eigenvalue weighted by Crippen LogP contribution is -2.29. The third-order valence-electron chi connectivity index (χ3n) is 1.92. The van der Waals surface area contributed by atoms with Crippen molar-refractivity contribution in [1.29, 1.82) is 0 Å². The number of rotatable bonds is 2. The van der Waals surface area contributed by atoms with E-state index in [-0.39, 0.29) is 0 Å². The minimum atomic E-state index is -0.505. The van der Waals surface area contributed by atoms with E-state index >= 15 is 0 Å². The lowest BCUT2D eigenvalue weighted by atomic mass is 9.90. The van der Waals surface area contributed by atoms with Gasteiger partial charge in [0.1, 0.15) is 5.60 Å². The van der Waals surface area contributed by atoms with Gasteiger partial charge in [-0.15, -0.1) is 6.58 Å². The molecule has 10 heavy (non-hydrogen) atoms. The molecule has 0 fully saturated rings. The van der Waals surface area contributed by atoms with Gasteiger partial charge >= 0.3 is 0 Å². The van der Waals surface area contributed by atoms with Gasteiger partial charge in [0, 0.05) is 6.42 Å². The molecule has 0 spiro atoms. The van der Waals surface area contributed by atoms with Gasteiger partial charge in [-0.3, -0.25) is 5.26 Å². The van der Waals surface area contributed by atoms with Gasteiger partial charge in [-0.1, -0.05) is 18.2 Å². The first-order valence-corrected chi connectivity index (χ1v) is 3.44. The fraction of sp³-hybridized carbons (Fsp3) is 0.500. The van der Waals surface area contributed by atoms with E-state index in [9.17, 15) is 0 Å². The smallest absolute Gasteiger partial charge is 0.125 e. The van der Waals surface area contributed by atoms with Gasteiger partial charge in [0.15, 0.2) is 0 Å². The molecule has 0 saturated carbocycles. The average Bonchev–Trinajstić information content (AvgIpc) is 2.06. The molecular formula is C8H12O2. The van der Waals surface area contributed by atoms with E-state index in [1.165, 1.54) is 0 Å². The summed E-state index contributed by atoms with van der Waals surface area (Å²) in [6, 6.07) is 0. The van der Waals surface area contributed by atoms with Crippen molar-refractivity contribution >= 4 is 0 Å². The zero-order valence-corrected chi connectivity index (χ0v) is 5.92. The van der Waals surface area contributed by atoms with Crippen LogP contribution in [-0.4, -0.2) is 10.9 Å². The second-order valence-electron chi connectivity index (χ2n) is 2.57. The SMILES string of the molecule is C=CC1(OO)CC=CCC1. The van der Waals surface area contributed by atoms with Crippen molar-refractivity contribution in [3.05, 3.63) is 24.8 Å². The molecule has 1 rings (SSSR count). The number of allylic oxidation sites excluding steroid dienone is 1. The molecule has 2 nitrogen and oxygen atoms in total. The molecule has 1 unspecified atom stereocenters. The van der Waals surface area contributed by atoms with Gasteiger partial charge in [-0.05, 0) is 12.8 Å². The maximum absolute atomic E-state index is 8.54. The van der Waals surface area contributed by atoms with E-state index in [0.717, 1.165) is 19.3 Å². The monoisotopic (exact) mass is 140 g/mol. The van der Waals surface area contributed by atoms with Crippen molar-refractivity contribution in [3.63, 3.8) is 0 Å². The van der Waals surface area contributed by atoms with Gasteiger partial charge in [0.25, 0.3) is 0 Å². The fourth-order valence-corrected chi connectivity index (χ4v) is 1.14. The van der Waals surface area contributed by atoms with Crippen molar-refractivity contribution in [1.82, 2.24) is 0 Å². The molecule has 1 atom stereocenters. The van der Waals surface area contributed by atoms with Crippen LogP contribution in [0.3, 0.4) is 0 Å². The van der Waals surface area contributed by atoms with Crippen LogP contribution in [-0.2, 0) is 4.89 Å². The Morgan fingerprint density at radius 3 is 2.70 bits per heavy atom. The van der Waals surface area contributed by atoms with Crippen molar-refractivity contribution in [3.8, 4) is 0 Å². The summed E-state index contributed by atoms with van der Waals surface area (Å²) in [5.74, 6) is 0. The normalized spacial score (nSPS) is 32.1. The summed E-state index contributed by atoms with van der Waals surface area (Å²) in [6.45, 7) is 3.61. The molecule has 1 aliphatic rings. The maximum atomic E-state index is 8.54. The summed E-state index contributed by atoms with van der Waals surface area (Å²) in [5.41, 5.74) is -0.505. The molecule has 0 aromatic carbocycles. The first kappa shape index (κ1) is 7.51. The molecule has 0 bridgehead atoms. The second-order valence-corrected chi connectivity index (χ2v) is 2.57. The van der Waals surface area contributed by atoms with Gasteiger partial charge in [0.05, 0.1) is 0 Å². The Labute approximate surface area is 60.7 Å². The van der Waals surface area contributed by atoms with E-state index in [1.807, 2.05) is 6.08 Å². The second kappa shape index (κ2) is 2.99. The van der Waals surface area contributed by atoms with Crippen molar-refractivity contribution in [2.24, 2.45) is 0 Å². The molecular weight excluding hydrogens is 128 g/mol. The van der Waals surface area contributed by atoms with Crippen LogP contribution in [0.2, 0.25) is 0 Å². The Hall–Kier alpha value is -0.600. The molecule has 0 amide bonds. The topological polar surface area (TPSA) is 29.5 Å². The molecule has 0 aromatic heterocycles. The van der Waals surface area contributed by atoms with Gasteiger partial charge < -0.3 is 0 Å². The van der Waals surface area contributed by atoms with Crippen LogP contribution in [0.15, 0.2) is 24.8 Å². The number of hydrogen-bond donors (Lipinski definition) is 1. The van der Waals surface area contributed by atoms with Crippen LogP contribution in [0.25, 0.3) is 0 Å². The summed E-state index contributed by atoms with van der Waals surface area (Å²) < 4.78 is 0. The Balaban J connectivity index is 2.64. The summed E-state index contributed by atoms with van der Waals surface area (Å²) >= 11 is 0. The van der Waals surface area contributed by atoms with Crippen LogP contribution >= 0.6 is 0 Å². The molecule has 0 aromatic rings. The highest BCUT2D eigenvalue weighted by Gasteiger charge is 2.27. The molecule has 2 heteroatoms. The lowest BCUT2D eigenvalue weighted by Gasteiger charge is -2.27. The predicted octanol–water partition coefficient (Wildman–Crippen LogP) is 2.14. The van der Waals surface area contributed by atoms with Crippen LogP contribution in [0.1, 0.15) is 19.3 Å². The Morgan fingerprint density at radius 1 is 1.60 bits per heavy atom. The fourth-order valence-electron chi connectivity index (χ4n) is 1.14. The van der Waals surface area contributed by atoms with Crippen molar-refractivity contribution in [2.45, 2.75) is 24.9 Å². The minimum absolute atomic E-state index is 0.505. The van der Waals surface area contributed by atoms with Gasteiger partial charge in [0.2, 0.25) is 0 Å². The maximum Gasteiger partial charge on any atom is 0.125 e. The van der Waals surface area contributed by atoms with E-state index in [2.05, 4.69) is 17.5 Å². The van der Waals surface area contributed by atoms with Crippen molar-refractivity contribution in [2.75, 3.05) is 0 Å². The zero-order chi connectivity index (χ0) is 7.45. The quantitative estimate of drug-likeness (QED) is 0.361. The number of hydrogen-bond acceptors (Lipinski definition) is 2. The Morgan fingerprint density at radius 2 is 2.40 bits per heavy atom. The average molecular weight is 140 g/mol. The summed E-state index contributed by atoms with van der Waals surface area (Å²) in [7, 11) is 0. The Kier molecular flexibility index (Phi) is 2.25.